The minimum atomic E-state index is -5.14. The third-order valence-electron chi connectivity index (χ3n) is 10.8. The van der Waals surface area contributed by atoms with E-state index < -0.39 is 37.9 Å². The number of allylic oxidation sites excluding steroid dienone is 6. The summed E-state index contributed by atoms with van der Waals surface area (Å²) in [4.78, 5) is 0. The summed E-state index contributed by atoms with van der Waals surface area (Å²) in [6.07, 6.45) is 12.2. The first kappa shape index (κ1) is 40.2. The SMILES string of the molecule is CC(C)=CCC/C(C)=C/CCC(C)(O)C(O)CCC1(C)CCCC2=C1CCC(C)C2(C)Cc1cc(OS(=O)(=O)[O-])ccc1OS(=O)(=O)[O-]. The molecule has 5 unspecified atom stereocenters. The van der Waals surface area contributed by atoms with Crippen molar-refractivity contribution in [1.82, 2.24) is 0 Å². The quantitative estimate of drug-likeness (QED) is 0.101. The van der Waals surface area contributed by atoms with Crippen LogP contribution in [0.25, 0.3) is 0 Å². The van der Waals surface area contributed by atoms with E-state index in [9.17, 15) is 36.2 Å². The number of aliphatic hydroxyl groups excluding tert-OH is 1. The third-order valence-corrected chi connectivity index (χ3v) is 11.5. The second kappa shape index (κ2) is 15.8. The van der Waals surface area contributed by atoms with Gasteiger partial charge in [-0.2, -0.15) is 0 Å². The Morgan fingerprint density at radius 3 is 2.33 bits per heavy atom. The van der Waals surface area contributed by atoms with Crippen LogP contribution in [0, 0.1) is 16.7 Å². The number of aliphatic hydroxyl groups is 2. The van der Waals surface area contributed by atoms with E-state index in [2.05, 4.69) is 57.9 Å². The van der Waals surface area contributed by atoms with Crippen molar-refractivity contribution in [3.05, 3.63) is 58.2 Å². The number of rotatable bonds is 16. The predicted molar refractivity (Wildman–Crippen MR) is 184 cm³/mol. The van der Waals surface area contributed by atoms with Gasteiger partial charge in [0.15, 0.2) is 0 Å². The molecule has 5 atom stereocenters. The van der Waals surface area contributed by atoms with Gasteiger partial charge in [0, 0.05) is 5.56 Å². The number of hydrogen-bond acceptors (Lipinski definition) is 10. The molecule has 272 valence electrons. The van der Waals surface area contributed by atoms with Crippen LogP contribution in [0.1, 0.15) is 125 Å². The lowest BCUT2D eigenvalue weighted by Crippen LogP contribution is -2.42. The van der Waals surface area contributed by atoms with Crippen molar-refractivity contribution in [2.75, 3.05) is 0 Å². The maximum atomic E-state index is 11.6. The largest absolute Gasteiger partial charge is 0.716 e. The Labute approximate surface area is 288 Å². The molecule has 0 aliphatic heterocycles. The van der Waals surface area contributed by atoms with Gasteiger partial charge in [-0.3, -0.25) is 0 Å². The maximum Gasteiger partial charge on any atom is 0.262 e. The highest BCUT2D eigenvalue weighted by Crippen LogP contribution is 2.58. The Morgan fingerprint density at radius 1 is 1.04 bits per heavy atom. The third kappa shape index (κ3) is 11.1. The minimum absolute atomic E-state index is 0.132. The molecule has 2 aliphatic rings. The summed E-state index contributed by atoms with van der Waals surface area (Å²) in [5.41, 5.74) is 3.33. The summed E-state index contributed by atoms with van der Waals surface area (Å²) in [5.74, 6) is -0.419. The zero-order chi connectivity index (χ0) is 36.1. The second-order valence-electron chi connectivity index (χ2n) is 15.0. The van der Waals surface area contributed by atoms with E-state index in [1.54, 1.807) is 6.92 Å². The summed E-state index contributed by atoms with van der Waals surface area (Å²) >= 11 is 0. The molecule has 2 N–H and O–H groups in total. The van der Waals surface area contributed by atoms with Gasteiger partial charge in [0.2, 0.25) is 0 Å². The number of hydrogen-bond donors (Lipinski definition) is 2. The molecule has 0 heterocycles. The molecule has 0 spiro atoms. The van der Waals surface area contributed by atoms with Crippen LogP contribution in [0.3, 0.4) is 0 Å². The van der Waals surface area contributed by atoms with Gasteiger partial charge < -0.3 is 27.7 Å². The second-order valence-corrected chi connectivity index (χ2v) is 16.9. The maximum absolute atomic E-state index is 11.6. The molecule has 48 heavy (non-hydrogen) atoms. The standard InChI is InChI=1S/C36H56O10S2/c1-25(2)11-8-12-26(3)13-9-21-36(7,38)33(37)19-22-34(5)20-10-14-31-30(34)17-15-27(4)35(31,6)24-28-23-29(45-47(39,40)41)16-18-32(28)46-48(42,43)44/h11,13,16,18,23,27,33,37-38H,8-10,12,14-15,17,19-22,24H2,1-7H3,(H,39,40,41)(H,42,43,44)/p-2/b26-13+. The van der Waals surface area contributed by atoms with E-state index in [1.807, 2.05) is 0 Å². The predicted octanol–water partition coefficient (Wildman–Crippen LogP) is 7.20. The van der Waals surface area contributed by atoms with E-state index in [1.165, 1.54) is 28.4 Å². The lowest BCUT2D eigenvalue weighted by molar-refractivity contribution is -0.0733. The van der Waals surface area contributed by atoms with Crippen molar-refractivity contribution in [1.29, 1.82) is 0 Å². The Kier molecular flexibility index (Phi) is 13.2. The molecule has 10 nitrogen and oxygen atoms in total. The van der Waals surface area contributed by atoms with Gasteiger partial charge in [-0.1, -0.05) is 55.2 Å². The van der Waals surface area contributed by atoms with Gasteiger partial charge in [-0.05, 0) is 140 Å². The van der Waals surface area contributed by atoms with Crippen molar-refractivity contribution in [2.24, 2.45) is 16.7 Å². The van der Waals surface area contributed by atoms with Crippen molar-refractivity contribution in [2.45, 2.75) is 137 Å². The van der Waals surface area contributed by atoms with E-state index in [0.717, 1.165) is 57.1 Å². The fourth-order valence-electron chi connectivity index (χ4n) is 7.62. The molecule has 0 saturated heterocycles. The van der Waals surface area contributed by atoms with Gasteiger partial charge in [0.05, 0.1) is 11.7 Å². The van der Waals surface area contributed by atoms with Crippen LogP contribution in [0.4, 0.5) is 0 Å². The summed E-state index contributed by atoms with van der Waals surface area (Å²) in [6, 6.07) is 3.43. The molecule has 0 bridgehead atoms. The van der Waals surface area contributed by atoms with Crippen LogP contribution in [0.2, 0.25) is 0 Å². The highest BCUT2D eigenvalue weighted by Gasteiger charge is 2.46. The van der Waals surface area contributed by atoms with E-state index in [4.69, 9.17) is 4.18 Å². The van der Waals surface area contributed by atoms with Crippen LogP contribution in [-0.2, 0) is 27.2 Å². The Hall–Kier alpha value is -2.22. The lowest BCUT2D eigenvalue weighted by atomic mass is 9.54. The molecule has 0 amide bonds. The molecule has 0 fully saturated rings. The van der Waals surface area contributed by atoms with E-state index in [0.29, 0.717) is 25.7 Å². The molecule has 12 heteroatoms. The molecule has 0 radical (unpaired) electrons. The van der Waals surface area contributed by atoms with Crippen LogP contribution < -0.4 is 8.37 Å². The average Bonchev–Trinajstić information content (AvgIpc) is 2.94. The van der Waals surface area contributed by atoms with Crippen molar-refractivity contribution >= 4 is 20.8 Å². The molecule has 1 aromatic rings. The van der Waals surface area contributed by atoms with Crippen LogP contribution in [0.5, 0.6) is 11.5 Å². The smallest absolute Gasteiger partial charge is 0.262 e. The number of benzene rings is 1. The molecular formula is C36H54O10S2-2. The minimum Gasteiger partial charge on any atom is -0.716 e. The Morgan fingerprint density at radius 2 is 1.71 bits per heavy atom. The molecule has 0 aromatic heterocycles. The van der Waals surface area contributed by atoms with Gasteiger partial charge in [0.1, 0.15) is 11.5 Å². The highest BCUT2D eigenvalue weighted by molar-refractivity contribution is 7.81. The normalized spacial score (nSPS) is 25.6. The van der Waals surface area contributed by atoms with Gasteiger partial charge in [-0.15, -0.1) is 0 Å². The van der Waals surface area contributed by atoms with Gasteiger partial charge in [0.25, 0.3) is 20.8 Å². The highest BCUT2D eigenvalue weighted by atomic mass is 32.3. The summed E-state index contributed by atoms with van der Waals surface area (Å²) in [5, 5.41) is 22.4. The van der Waals surface area contributed by atoms with Crippen LogP contribution >= 0.6 is 0 Å². The van der Waals surface area contributed by atoms with Gasteiger partial charge >= 0.3 is 0 Å². The first-order valence-corrected chi connectivity index (χ1v) is 19.6. The fourth-order valence-corrected chi connectivity index (χ4v) is 8.34. The monoisotopic (exact) mass is 710 g/mol. The van der Waals surface area contributed by atoms with E-state index >= 15 is 0 Å². The first-order chi connectivity index (χ1) is 22.0. The summed E-state index contributed by atoms with van der Waals surface area (Å²) in [6.45, 7) is 14.4. The molecule has 0 saturated carbocycles. The van der Waals surface area contributed by atoms with Crippen LogP contribution in [0.15, 0.2) is 52.6 Å². The Bertz CT molecular complexity index is 1600. The molecule has 2 aliphatic carbocycles. The van der Waals surface area contributed by atoms with Gasteiger partial charge in [-0.25, -0.2) is 16.8 Å². The van der Waals surface area contributed by atoms with Crippen molar-refractivity contribution < 1.29 is 44.5 Å². The Balaban J connectivity index is 1.84. The average molecular weight is 711 g/mol. The first-order valence-electron chi connectivity index (χ1n) is 16.9. The molecular weight excluding hydrogens is 657 g/mol. The molecule has 1 aromatic carbocycles. The zero-order valence-electron chi connectivity index (χ0n) is 29.5. The van der Waals surface area contributed by atoms with Crippen molar-refractivity contribution in [3.63, 3.8) is 0 Å². The van der Waals surface area contributed by atoms with E-state index in [-0.39, 0.29) is 34.8 Å². The summed E-state index contributed by atoms with van der Waals surface area (Å²) in [7, 11) is -10.2. The van der Waals surface area contributed by atoms with Crippen molar-refractivity contribution in [3.8, 4) is 11.5 Å². The fraction of sp³-hybridized carbons (Fsp3) is 0.667. The lowest BCUT2D eigenvalue weighted by Gasteiger charge is -2.51. The van der Waals surface area contributed by atoms with Crippen LogP contribution in [-0.4, -0.2) is 47.9 Å². The molecule has 3 rings (SSSR count). The summed E-state index contributed by atoms with van der Waals surface area (Å²) < 4.78 is 77.8. The topological polar surface area (TPSA) is 173 Å². The zero-order valence-corrected chi connectivity index (χ0v) is 31.1.